The van der Waals surface area contributed by atoms with Gasteiger partial charge >= 0.3 is 0 Å². The second-order valence-corrected chi connectivity index (χ2v) is 14.5. The topological polar surface area (TPSA) is 98.7 Å². The second kappa shape index (κ2) is 17.5. The van der Waals surface area contributed by atoms with E-state index in [9.17, 15) is 9.59 Å². The minimum atomic E-state index is -1.50. The van der Waals surface area contributed by atoms with Crippen LogP contribution in [0.4, 0.5) is 22.7 Å². The van der Waals surface area contributed by atoms with Crippen LogP contribution in [0.1, 0.15) is 42.7 Å². The zero-order valence-corrected chi connectivity index (χ0v) is 32.9. The lowest BCUT2D eigenvalue weighted by Gasteiger charge is -2.39. The van der Waals surface area contributed by atoms with Gasteiger partial charge in [0.1, 0.15) is 11.5 Å². The molecule has 6 rings (SSSR count). The molecule has 1 aliphatic rings. The van der Waals surface area contributed by atoms with E-state index in [2.05, 4.69) is 29.4 Å². The third kappa shape index (κ3) is 9.06. The number of amides is 2. The van der Waals surface area contributed by atoms with Crippen molar-refractivity contribution >= 4 is 51.9 Å². The minimum absolute atomic E-state index is 0.459. The normalized spacial score (nSPS) is 15.5. The predicted octanol–water partition coefficient (Wildman–Crippen LogP) is 8.05. The molecular weight excluding hydrogens is 709 g/mol. The number of carbonyl (C=O) groups excluding carboxylic acids is 2. The Hall–Kier alpha value is -5.94. The Labute approximate surface area is 328 Å². The highest BCUT2D eigenvalue weighted by molar-refractivity contribution is 8.12. The lowest BCUT2D eigenvalue weighted by atomic mass is 10.0. The van der Waals surface area contributed by atoms with Crippen LogP contribution in [0.5, 0.6) is 11.5 Å². The number of fused-ring (bicyclic) bond motifs is 1. The van der Waals surface area contributed by atoms with Gasteiger partial charge in [0.2, 0.25) is 12.2 Å². The summed E-state index contributed by atoms with van der Waals surface area (Å²) in [5.74, 6) is 0.132. The summed E-state index contributed by atoms with van der Waals surface area (Å²) in [5.41, 5.74) is 7.12. The Kier molecular flexibility index (Phi) is 12.3. The molecule has 0 saturated heterocycles. The Morgan fingerprint density at radius 1 is 0.636 bits per heavy atom. The Morgan fingerprint density at radius 3 is 1.49 bits per heavy atom. The molecule has 10 nitrogen and oxygen atoms in total. The number of nitrogens with zero attached hydrogens (tertiary/aromatic N) is 4. The fourth-order valence-electron chi connectivity index (χ4n) is 6.35. The summed E-state index contributed by atoms with van der Waals surface area (Å²) in [6.45, 7) is 5.82. The first-order chi connectivity index (χ1) is 26.6. The summed E-state index contributed by atoms with van der Waals surface area (Å²) >= 11 is 1.19. The molecule has 1 aliphatic heterocycles. The largest absolute Gasteiger partial charge is 0.476 e. The van der Waals surface area contributed by atoms with Crippen LogP contribution in [0.3, 0.4) is 0 Å². The van der Waals surface area contributed by atoms with Crippen LogP contribution in [0.2, 0.25) is 0 Å². The standard InChI is InChI=1S/C44H48N6O4S/c1-7-50(8-2)35-27-28-38-39(29-35)45-30-55-44(38,46-42(51)40(53-36-15-11-9-12-16-36)31-19-23-33(24-20-31)48(3)4)47-43(52)41(54-37-17-13-10-14-18-37)32-21-25-34(26-22-32)49(5)6/h9-30,40-41H,7-8H2,1-6H3,(H,46,51)(H,47,52). The summed E-state index contributed by atoms with van der Waals surface area (Å²) < 4.78 is 12.9. The van der Waals surface area contributed by atoms with Crippen molar-refractivity contribution in [3.05, 3.63) is 144 Å². The summed E-state index contributed by atoms with van der Waals surface area (Å²) in [7, 11) is 7.84. The predicted molar refractivity (Wildman–Crippen MR) is 225 cm³/mol. The third-order valence-electron chi connectivity index (χ3n) is 9.40. The highest BCUT2D eigenvalue weighted by Crippen LogP contribution is 2.43. The molecule has 0 aromatic heterocycles. The number of aliphatic imine (C=N–C) groups is 1. The minimum Gasteiger partial charge on any atom is -0.476 e. The Morgan fingerprint density at radius 2 is 1.07 bits per heavy atom. The van der Waals surface area contributed by atoms with Crippen LogP contribution in [0.25, 0.3) is 0 Å². The van der Waals surface area contributed by atoms with E-state index >= 15 is 0 Å². The summed E-state index contributed by atoms with van der Waals surface area (Å²) in [6, 6.07) is 39.7. The van der Waals surface area contributed by atoms with E-state index in [1.165, 1.54) is 11.8 Å². The van der Waals surface area contributed by atoms with Gasteiger partial charge in [-0.25, -0.2) is 4.99 Å². The van der Waals surface area contributed by atoms with E-state index in [0.717, 1.165) is 30.2 Å². The SMILES string of the molecule is CCN(CC)c1ccc2c(c1)N=CSC2(NC(=O)C(Oc1ccccc1)c1ccc(N(C)C)cc1)NC(=O)C(Oc1ccccc1)c1ccc(N(C)C)cc1. The van der Waals surface area contributed by atoms with Crippen LogP contribution in [-0.4, -0.2) is 58.6 Å². The molecule has 0 saturated carbocycles. The van der Waals surface area contributed by atoms with Crippen LogP contribution in [0.15, 0.2) is 132 Å². The lowest BCUT2D eigenvalue weighted by molar-refractivity contribution is -0.133. The van der Waals surface area contributed by atoms with Crippen LogP contribution in [-0.2, 0) is 14.6 Å². The number of anilines is 3. The zero-order valence-electron chi connectivity index (χ0n) is 32.1. The van der Waals surface area contributed by atoms with Crippen molar-refractivity contribution in [2.75, 3.05) is 56.0 Å². The second-order valence-electron chi connectivity index (χ2n) is 13.5. The van der Waals surface area contributed by atoms with E-state index in [1.54, 1.807) is 5.55 Å². The molecule has 1 heterocycles. The molecule has 11 heteroatoms. The number of nitrogens with one attached hydrogen (secondary N) is 2. The van der Waals surface area contributed by atoms with Gasteiger partial charge in [0, 0.05) is 75.0 Å². The Bertz CT molecular complexity index is 1960. The molecule has 2 unspecified atom stereocenters. The number of rotatable bonds is 15. The fourth-order valence-corrected chi connectivity index (χ4v) is 7.29. The van der Waals surface area contributed by atoms with Crippen molar-refractivity contribution in [1.29, 1.82) is 0 Å². The average Bonchev–Trinajstić information content (AvgIpc) is 3.20. The molecule has 5 aromatic carbocycles. The van der Waals surface area contributed by atoms with E-state index in [1.807, 2.05) is 165 Å². The molecule has 2 amide bonds. The van der Waals surface area contributed by atoms with Crippen molar-refractivity contribution < 1.29 is 19.1 Å². The molecule has 5 aromatic rings. The van der Waals surface area contributed by atoms with E-state index in [4.69, 9.17) is 14.5 Å². The molecule has 55 heavy (non-hydrogen) atoms. The number of benzene rings is 5. The third-order valence-corrected chi connectivity index (χ3v) is 10.4. The smallest absolute Gasteiger partial charge is 0.268 e. The van der Waals surface area contributed by atoms with Crippen LogP contribution < -0.4 is 34.8 Å². The van der Waals surface area contributed by atoms with Gasteiger partial charge in [-0.05, 0) is 80.6 Å². The van der Waals surface area contributed by atoms with E-state index < -0.39 is 29.0 Å². The summed E-state index contributed by atoms with van der Waals surface area (Å²) in [4.78, 5) is 39.1. The maximum atomic E-state index is 14.8. The summed E-state index contributed by atoms with van der Waals surface area (Å²) in [5, 5.41) is 6.47. The molecule has 2 atom stereocenters. The molecular formula is C44H48N6O4S. The molecule has 284 valence electrons. The number of thioether (sulfide) groups is 1. The fraction of sp³-hybridized carbons (Fsp3) is 0.250. The number of ether oxygens (including phenoxy) is 2. The van der Waals surface area contributed by atoms with Gasteiger partial charge < -0.3 is 34.8 Å². The van der Waals surface area contributed by atoms with E-state index in [-0.39, 0.29) is 0 Å². The first-order valence-corrected chi connectivity index (χ1v) is 19.2. The van der Waals surface area contributed by atoms with Gasteiger partial charge in [-0.2, -0.15) is 0 Å². The molecule has 0 radical (unpaired) electrons. The van der Waals surface area contributed by atoms with Gasteiger partial charge in [0.15, 0.2) is 4.99 Å². The average molecular weight is 757 g/mol. The van der Waals surface area contributed by atoms with Crippen molar-refractivity contribution in [1.82, 2.24) is 10.6 Å². The van der Waals surface area contributed by atoms with Gasteiger partial charge in [-0.1, -0.05) is 72.4 Å². The quantitative estimate of drug-likeness (QED) is 0.104. The van der Waals surface area contributed by atoms with Crippen molar-refractivity contribution in [3.63, 3.8) is 0 Å². The molecule has 2 N–H and O–H groups in total. The molecule has 0 spiro atoms. The lowest BCUT2D eigenvalue weighted by Crippen LogP contribution is -2.58. The van der Waals surface area contributed by atoms with Gasteiger partial charge in [-0.3, -0.25) is 9.59 Å². The Balaban J connectivity index is 1.43. The van der Waals surface area contributed by atoms with Gasteiger partial charge in [0.25, 0.3) is 11.8 Å². The molecule has 0 fully saturated rings. The number of carbonyl (C=O) groups is 2. The molecule has 0 bridgehead atoms. The van der Waals surface area contributed by atoms with Crippen LogP contribution in [0, 0.1) is 0 Å². The van der Waals surface area contributed by atoms with E-state index in [0.29, 0.717) is 33.9 Å². The highest BCUT2D eigenvalue weighted by atomic mass is 32.2. The first kappa shape index (κ1) is 38.8. The summed E-state index contributed by atoms with van der Waals surface area (Å²) in [6.07, 6.45) is -2.14. The van der Waals surface area contributed by atoms with Crippen molar-refractivity contribution in [3.8, 4) is 11.5 Å². The highest BCUT2D eigenvalue weighted by Gasteiger charge is 2.44. The van der Waals surface area contributed by atoms with Crippen molar-refractivity contribution in [2.24, 2.45) is 4.99 Å². The zero-order chi connectivity index (χ0) is 39.0. The number of para-hydroxylation sites is 2. The monoisotopic (exact) mass is 756 g/mol. The maximum absolute atomic E-state index is 14.8. The van der Waals surface area contributed by atoms with Crippen LogP contribution >= 0.6 is 11.8 Å². The van der Waals surface area contributed by atoms with Gasteiger partial charge in [0.05, 0.1) is 11.2 Å². The first-order valence-electron chi connectivity index (χ1n) is 18.3. The molecule has 0 aliphatic carbocycles. The van der Waals surface area contributed by atoms with Crippen molar-refractivity contribution in [2.45, 2.75) is 31.1 Å². The maximum Gasteiger partial charge on any atom is 0.268 e. The number of hydrogen-bond donors (Lipinski definition) is 2. The van der Waals surface area contributed by atoms with Gasteiger partial charge in [-0.15, -0.1) is 0 Å². The number of hydrogen-bond acceptors (Lipinski definition) is 9.